The van der Waals surface area contributed by atoms with Gasteiger partial charge in [-0.05, 0) is 49.9 Å². The average molecular weight is 285 g/mol. The van der Waals surface area contributed by atoms with Crippen LogP contribution in [-0.2, 0) is 0 Å². The molecule has 1 aliphatic heterocycles. The highest BCUT2D eigenvalue weighted by Crippen LogP contribution is 2.39. The molecule has 3 heteroatoms. The maximum atomic E-state index is 12.8. The lowest BCUT2D eigenvalue weighted by Gasteiger charge is -2.38. The quantitative estimate of drug-likeness (QED) is 0.750. The van der Waals surface area contributed by atoms with Crippen LogP contribution in [0.5, 0.6) is 0 Å². The van der Waals surface area contributed by atoms with E-state index in [-0.39, 0.29) is 11.9 Å². The number of carbonyl (C=O) groups is 1. The minimum atomic E-state index is 0.134. The van der Waals surface area contributed by atoms with E-state index in [0.717, 1.165) is 17.0 Å². The summed E-state index contributed by atoms with van der Waals surface area (Å²) in [5, 5.41) is 0. The summed E-state index contributed by atoms with van der Waals surface area (Å²) < 4.78 is 0. The minimum Gasteiger partial charge on any atom is -0.305 e. The third kappa shape index (κ3) is 2.16. The number of rotatable bonds is 1. The smallest absolute Gasteiger partial charge is 0.268 e. The predicted molar refractivity (Wildman–Crippen MR) is 84.8 cm³/mol. The number of amides is 1. The van der Waals surface area contributed by atoms with Crippen LogP contribution in [0.15, 0.2) is 36.4 Å². The van der Waals surface area contributed by atoms with E-state index in [1.807, 2.05) is 30.0 Å². The van der Waals surface area contributed by atoms with Gasteiger partial charge in [-0.25, -0.2) is 0 Å². The van der Waals surface area contributed by atoms with Gasteiger partial charge in [0.1, 0.15) is 0 Å². The van der Waals surface area contributed by atoms with Gasteiger partial charge in [0.15, 0.2) is 0 Å². The first-order valence-electron chi connectivity index (χ1n) is 7.07. The molecule has 0 bridgehead atoms. The van der Waals surface area contributed by atoms with E-state index in [9.17, 15) is 4.79 Å². The molecule has 0 radical (unpaired) electrons. The SMILES string of the molecule is Cc1ccc(C(=O)N2c3ccccc3[C@H](C)C[C@@H]2C)s1. The van der Waals surface area contributed by atoms with Gasteiger partial charge >= 0.3 is 0 Å². The van der Waals surface area contributed by atoms with E-state index in [0.29, 0.717) is 5.92 Å². The van der Waals surface area contributed by atoms with Gasteiger partial charge < -0.3 is 4.90 Å². The van der Waals surface area contributed by atoms with Gasteiger partial charge in [0.25, 0.3) is 5.91 Å². The Morgan fingerprint density at radius 2 is 1.95 bits per heavy atom. The fourth-order valence-electron chi connectivity index (χ4n) is 3.08. The van der Waals surface area contributed by atoms with Gasteiger partial charge in [-0.2, -0.15) is 0 Å². The third-order valence-electron chi connectivity index (χ3n) is 4.03. The fraction of sp³-hybridized carbons (Fsp3) is 0.353. The minimum absolute atomic E-state index is 0.134. The molecule has 0 spiro atoms. The maximum absolute atomic E-state index is 12.8. The van der Waals surface area contributed by atoms with E-state index in [1.165, 1.54) is 10.4 Å². The number of fused-ring (bicyclic) bond motifs is 1. The average Bonchev–Trinajstić information content (AvgIpc) is 2.85. The van der Waals surface area contributed by atoms with Gasteiger partial charge in [-0.3, -0.25) is 4.79 Å². The summed E-state index contributed by atoms with van der Waals surface area (Å²) in [4.78, 5) is 16.8. The Morgan fingerprint density at radius 3 is 2.65 bits per heavy atom. The van der Waals surface area contributed by atoms with Crippen molar-refractivity contribution in [1.82, 2.24) is 0 Å². The lowest BCUT2D eigenvalue weighted by molar-refractivity contribution is 0.0978. The molecule has 0 fully saturated rings. The molecule has 0 saturated heterocycles. The number of benzene rings is 1. The second-order valence-corrected chi connectivity index (χ2v) is 6.92. The predicted octanol–water partition coefficient (Wildman–Crippen LogP) is 4.60. The van der Waals surface area contributed by atoms with Gasteiger partial charge in [0.05, 0.1) is 4.88 Å². The topological polar surface area (TPSA) is 20.3 Å². The van der Waals surface area contributed by atoms with Crippen LogP contribution in [0.3, 0.4) is 0 Å². The second-order valence-electron chi connectivity index (χ2n) is 5.63. The molecule has 1 aliphatic rings. The number of nitrogens with zero attached hydrogens (tertiary/aromatic N) is 1. The molecule has 0 unspecified atom stereocenters. The Hall–Kier alpha value is -1.61. The largest absolute Gasteiger partial charge is 0.305 e. The molecular formula is C17H19NOS. The Morgan fingerprint density at radius 1 is 1.20 bits per heavy atom. The monoisotopic (exact) mass is 285 g/mol. The fourth-order valence-corrected chi connectivity index (χ4v) is 3.89. The lowest BCUT2D eigenvalue weighted by Crippen LogP contribution is -2.42. The molecule has 3 rings (SSSR count). The first kappa shape index (κ1) is 13.4. The Bertz CT molecular complexity index is 646. The van der Waals surface area contributed by atoms with Crippen molar-refractivity contribution in [1.29, 1.82) is 0 Å². The van der Waals surface area contributed by atoms with E-state index >= 15 is 0 Å². The van der Waals surface area contributed by atoms with Crippen LogP contribution >= 0.6 is 11.3 Å². The normalized spacial score (nSPS) is 21.6. The summed E-state index contributed by atoms with van der Waals surface area (Å²) in [6.45, 7) is 6.42. The number of hydrogen-bond acceptors (Lipinski definition) is 2. The van der Waals surface area contributed by atoms with Crippen molar-refractivity contribution in [2.75, 3.05) is 4.90 Å². The van der Waals surface area contributed by atoms with E-state index in [1.54, 1.807) is 11.3 Å². The number of hydrogen-bond donors (Lipinski definition) is 0. The molecule has 2 heterocycles. The molecule has 2 aromatic rings. The summed E-state index contributed by atoms with van der Waals surface area (Å²) in [5.41, 5.74) is 2.36. The molecule has 0 aliphatic carbocycles. The highest BCUT2D eigenvalue weighted by atomic mass is 32.1. The van der Waals surface area contributed by atoms with Crippen LogP contribution in [0.2, 0.25) is 0 Å². The molecule has 0 saturated carbocycles. The molecule has 1 aromatic carbocycles. The van der Waals surface area contributed by atoms with Gasteiger partial charge in [-0.15, -0.1) is 11.3 Å². The zero-order valence-electron chi connectivity index (χ0n) is 12.1. The van der Waals surface area contributed by atoms with Gasteiger partial charge in [0, 0.05) is 16.6 Å². The molecule has 104 valence electrons. The van der Waals surface area contributed by atoms with Crippen molar-refractivity contribution >= 4 is 22.9 Å². The number of thiophene rings is 1. The van der Waals surface area contributed by atoms with Crippen LogP contribution in [0.1, 0.15) is 46.3 Å². The second kappa shape index (κ2) is 5.06. The summed E-state index contributed by atoms with van der Waals surface area (Å²) in [5.74, 6) is 0.644. The van der Waals surface area contributed by atoms with Crippen LogP contribution in [-0.4, -0.2) is 11.9 Å². The zero-order valence-corrected chi connectivity index (χ0v) is 12.9. The van der Waals surface area contributed by atoms with Crippen LogP contribution < -0.4 is 4.90 Å². The van der Waals surface area contributed by atoms with Crippen molar-refractivity contribution in [3.63, 3.8) is 0 Å². The standard InChI is InChI=1S/C17H19NOS/c1-11-10-12(2)18(15-7-5-4-6-14(11)15)17(19)16-9-8-13(3)20-16/h4-9,11-12H,10H2,1-3H3/t11-,12+/m1/s1. The Labute approximate surface area is 124 Å². The highest BCUT2D eigenvalue weighted by molar-refractivity contribution is 7.14. The molecule has 2 nitrogen and oxygen atoms in total. The summed E-state index contributed by atoms with van der Waals surface area (Å²) >= 11 is 1.58. The summed E-state index contributed by atoms with van der Waals surface area (Å²) in [6.07, 6.45) is 1.02. The molecular weight excluding hydrogens is 266 g/mol. The lowest BCUT2D eigenvalue weighted by atomic mass is 9.87. The van der Waals surface area contributed by atoms with E-state index < -0.39 is 0 Å². The number of carbonyl (C=O) groups excluding carboxylic acids is 1. The van der Waals surface area contributed by atoms with Crippen LogP contribution in [0.25, 0.3) is 0 Å². The first-order valence-corrected chi connectivity index (χ1v) is 7.88. The zero-order chi connectivity index (χ0) is 14.3. The maximum Gasteiger partial charge on any atom is 0.268 e. The van der Waals surface area contributed by atoms with Gasteiger partial charge in [-0.1, -0.05) is 25.1 Å². The Kier molecular flexibility index (Phi) is 3.38. The summed E-state index contributed by atoms with van der Waals surface area (Å²) in [7, 11) is 0. The Balaban J connectivity index is 2.04. The number of para-hydroxylation sites is 1. The van der Waals surface area contributed by atoms with Crippen LogP contribution in [0, 0.1) is 6.92 Å². The number of anilines is 1. The van der Waals surface area contributed by atoms with Crippen molar-refractivity contribution < 1.29 is 4.79 Å². The molecule has 1 aromatic heterocycles. The van der Waals surface area contributed by atoms with Crippen molar-refractivity contribution in [2.24, 2.45) is 0 Å². The summed E-state index contributed by atoms with van der Waals surface area (Å²) in [6, 6.07) is 12.5. The van der Waals surface area contributed by atoms with E-state index in [4.69, 9.17) is 0 Å². The molecule has 0 N–H and O–H groups in total. The van der Waals surface area contributed by atoms with Crippen molar-refractivity contribution in [3.05, 3.63) is 51.7 Å². The van der Waals surface area contributed by atoms with Gasteiger partial charge in [0.2, 0.25) is 0 Å². The molecule has 2 atom stereocenters. The first-order chi connectivity index (χ1) is 9.58. The van der Waals surface area contributed by atoms with E-state index in [2.05, 4.69) is 32.0 Å². The number of aryl methyl sites for hydroxylation is 1. The molecule has 1 amide bonds. The van der Waals surface area contributed by atoms with Crippen molar-refractivity contribution in [3.8, 4) is 0 Å². The highest BCUT2D eigenvalue weighted by Gasteiger charge is 2.32. The molecule has 20 heavy (non-hydrogen) atoms. The third-order valence-corrected chi connectivity index (χ3v) is 5.02. The van der Waals surface area contributed by atoms with Crippen molar-refractivity contribution in [2.45, 2.75) is 39.2 Å². The van der Waals surface area contributed by atoms with Crippen LogP contribution in [0.4, 0.5) is 5.69 Å².